The summed E-state index contributed by atoms with van der Waals surface area (Å²) in [5.41, 5.74) is 0.247. The molecule has 0 spiro atoms. The predicted molar refractivity (Wildman–Crippen MR) is 141 cm³/mol. The molecule has 0 unspecified atom stereocenters. The zero-order valence-electron chi connectivity index (χ0n) is 20.4. The lowest BCUT2D eigenvalue weighted by atomic mass is 10.0. The van der Waals surface area contributed by atoms with Crippen molar-refractivity contribution in [3.8, 4) is 34.5 Å². The zero-order chi connectivity index (χ0) is 26.8. The van der Waals surface area contributed by atoms with E-state index in [0.717, 1.165) is 16.2 Å². The number of carbonyl (C=O) groups excluding carboxylic acids is 2. The molecule has 2 N–H and O–H groups in total. The summed E-state index contributed by atoms with van der Waals surface area (Å²) in [5.74, 6) is -1.46. The highest BCUT2D eigenvalue weighted by Gasteiger charge is 2.21. The molecule has 0 amide bonds. The molecule has 5 aromatic rings. The summed E-state index contributed by atoms with van der Waals surface area (Å²) in [6.07, 6.45) is 0. The number of methoxy groups -OCH3 is 2. The minimum atomic E-state index is -0.743. The average molecular weight is 510 g/mol. The van der Waals surface area contributed by atoms with E-state index >= 15 is 0 Å². The molecule has 0 aliphatic rings. The van der Waals surface area contributed by atoms with Gasteiger partial charge in [0, 0.05) is 5.39 Å². The van der Waals surface area contributed by atoms with Crippen LogP contribution in [0.1, 0.15) is 20.7 Å². The van der Waals surface area contributed by atoms with Crippen LogP contribution in [0.2, 0.25) is 0 Å². The monoisotopic (exact) mass is 510 g/mol. The molecule has 0 saturated heterocycles. The summed E-state index contributed by atoms with van der Waals surface area (Å²) in [6.45, 7) is 0. The second kappa shape index (κ2) is 10.0. The fourth-order valence-electron chi connectivity index (χ4n) is 4.07. The molecule has 8 nitrogen and oxygen atoms in total. The fraction of sp³-hybridized carbons (Fsp3) is 0.0667. The van der Waals surface area contributed by atoms with E-state index < -0.39 is 11.9 Å². The summed E-state index contributed by atoms with van der Waals surface area (Å²) in [7, 11) is 2.74. The van der Waals surface area contributed by atoms with Gasteiger partial charge in [0.05, 0.1) is 25.3 Å². The number of benzene rings is 5. The van der Waals surface area contributed by atoms with E-state index in [4.69, 9.17) is 18.9 Å². The molecular formula is C30H22O8. The lowest BCUT2D eigenvalue weighted by molar-refractivity contribution is 0.0684. The van der Waals surface area contributed by atoms with Crippen LogP contribution in [0.15, 0.2) is 84.9 Å². The summed E-state index contributed by atoms with van der Waals surface area (Å²) >= 11 is 0. The van der Waals surface area contributed by atoms with Gasteiger partial charge in [0.15, 0.2) is 34.5 Å². The fourth-order valence-corrected chi connectivity index (χ4v) is 4.07. The Labute approximate surface area is 217 Å². The molecule has 38 heavy (non-hydrogen) atoms. The second-order valence-electron chi connectivity index (χ2n) is 8.37. The molecule has 0 aliphatic carbocycles. The largest absolute Gasteiger partial charge is 0.504 e. The highest BCUT2D eigenvalue weighted by atomic mass is 16.6. The minimum absolute atomic E-state index is 0.0175. The van der Waals surface area contributed by atoms with Gasteiger partial charge in [-0.15, -0.1) is 0 Å². The third-order valence-corrected chi connectivity index (χ3v) is 6.03. The molecule has 0 atom stereocenters. The van der Waals surface area contributed by atoms with Gasteiger partial charge >= 0.3 is 11.9 Å². The number of esters is 2. The van der Waals surface area contributed by atoms with E-state index in [1.54, 1.807) is 12.1 Å². The smallest absolute Gasteiger partial charge is 0.343 e. The number of phenols is 2. The van der Waals surface area contributed by atoms with Gasteiger partial charge in [0.25, 0.3) is 0 Å². The number of fused-ring (bicyclic) bond motifs is 2. The third-order valence-electron chi connectivity index (χ3n) is 6.03. The number of hydrogen-bond acceptors (Lipinski definition) is 8. The van der Waals surface area contributed by atoms with Gasteiger partial charge in [-0.05, 0) is 70.8 Å². The Balaban J connectivity index is 1.60. The number of rotatable bonds is 6. The second-order valence-corrected chi connectivity index (χ2v) is 8.37. The van der Waals surface area contributed by atoms with Gasteiger partial charge in [-0.3, -0.25) is 0 Å². The van der Waals surface area contributed by atoms with E-state index in [1.165, 1.54) is 50.6 Å². The predicted octanol–water partition coefficient (Wildman–Crippen LogP) is 5.86. The first kappa shape index (κ1) is 24.5. The van der Waals surface area contributed by atoms with Crippen LogP contribution < -0.4 is 18.9 Å². The van der Waals surface area contributed by atoms with Gasteiger partial charge < -0.3 is 29.2 Å². The van der Waals surface area contributed by atoms with E-state index in [0.29, 0.717) is 5.39 Å². The summed E-state index contributed by atoms with van der Waals surface area (Å²) in [5, 5.41) is 23.0. The van der Waals surface area contributed by atoms with E-state index in [-0.39, 0.29) is 45.6 Å². The van der Waals surface area contributed by atoms with E-state index in [2.05, 4.69) is 0 Å². The van der Waals surface area contributed by atoms with Crippen molar-refractivity contribution in [2.24, 2.45) is 0 Å². The Morgan fingerprint density at radius 1 is 0.579 bits per heavy atom. The van der Waals surface area contributed by atoms with E-state index in [9.17, 15) is 19.8 Å². The van der Waals surface area contributed by atoms with Crippen molar-refractivity contribution >= 4 is 33.5 Å². The number of ether oxygens (including phenoxy) is 4. The molecule has 0 aromatic heterocycles. The standard InChI is InChI=1S/C30H22O8/c1-35-26-15-20(7-10-23(26)31)29(33)37-25-12-9-19-13-17-5-3-4-6-18(17)14-22(19)28(25)38-30(34)21-8-11-24(32)27(16-21)36-2/h3-16,31-32H,1-2H3. The molecule has 0 radical (unpaired) electrons. The van der Waals surface area contributed by atoms with Crippen molar-refractivity contribution in [2.45, 2.75) is 0 Å². The van der Waals surface area contributed by atoms with Crippen LogP contribution in [-0.4, -0.2) is 36.4 Å². The van der Waals surface area contributed by atoms with Crippen molar-refractivity contribution in [3.05, 3.63) is 96.1 Å². The normalized spacial score (nSPS) is 10.8. The van der Waals surface area contributed by atoms with Crippen LogP contribution in [0.4, 0.5) is 0 Å². The van der Waals surface area contributed by atoms with Gasteiger partial charge in [-0.25, -0.2) is 9.59 Å². The number of hydrogen-bond donors (Lipinski definition) is 2. The molecule has 0 saturated carbocycles. The molecule has 8 heteroatoms. The lowest BCUT2D eigenvalue weighted by Gasteiger charge is -2.15. The Kier molecular flexibility index (Phi) is 6.45. The van der Waals surface area contributed by atoms with Crippen molar-refractivity contribution in [1.29, 1.82) is 0 Å². The maximum Gasteiger partial charge on any atom is 0.343 e. The van der Waals surface area contributed by atoms with Gasteiger partial charge in [-0.2, -0.15) is 0 Å². The molecular weight excluding hydrogens is 488 g/mol. The number of aromatic hydroxyl groups is 2. The number of carbonyl (C=O) groups is 2. The number of phenolic OH excluding ortho intramolecular Hbond substituents is 2. The lowest BCUT2D eigenvalue weighted by Crippen LogP contribution is -2.13. The van der Waals surface area contributed by atoms with Crippen molar-refractivity contribution in [3.63, 3.8) is 0 Å². The summed E-state index contributed by atoms with van der Waals surface area (Å²) < 4.78 is 21.7. The Morgan fingerprint density at radius 3 is 1.71 bits per heavy atom. The van der Waals surface area contributed by atoms with Crippen LogP contribution in [0.3, 0.4) is 0 Å². The Bertz CT molecular complexity index is 1710. The first-order chi connectivity index (χ1) is 18.4. The zero-order valence-corrected chi connectivity index (χ0v) is 20.4. The summed E-state index contributed by atoms with van der Waals surface area (Å²) in [4.78, 5) is 26.2. The van der Waals surface area contributed by atoms with Gasteiger partial charge in [0.1, 0.15) is 0 Å². The molecule has 0 bridgehead atoms. The summed E-state index contributed by atoms with van der Waals surface area (Å²) in [6, 6.07) is 23.0. The molecule has 5 aromatic carbocycles. The highest BCUT2D eigenvalue weighted by Crippen LogP contribution is 2.39. The van der Waals surface area contributed by atoms with Crippen LogP contribution in [0.5, 0.6) is 34.5 Å². The maximum absolute atomic E-state index is 13.2. The van der Waals surface area contributed by atoms with Crippen LogP contribution in [-0.2, 0) is 0 Å². The van der Waals surface area contributed by atoms with Crippen LogP contribution >= 0.6 is 0 Å². The van der Waals surface area contributed by atoms with Crippen molar-refractivity contribution < 1.29 is 38.7 Å². The van der Waals surface area contributed by atoms with Gasteiger partial charge in [-0.1, -0.05) is 30.3 Å². The van der Waals surface area contributed by atoms with Crippen LogP contribution in [0.25, 0.3) is 21.5 Å². The minimum Gasteiger partial charge on any atom is -0.504 e. The van der Waals surface area contributed by atoms with E-state index in [1.807, 2.05) is 36.4 Å². The van der Waals surface area contributed by atoms with Gasteiger partial charge in [0.2, 0.25) is 0 Å². The van der Waals surface area contributed by atoms with Crippen LogP contribution in [0, 0.1) is 0 Å². The first-order valence-electron chi connectivity index (χ1n) is 11.5. The Morgan fingerprint density at radius 2 is 1.13 bits per heavy atom. The molecule has 5 rings (SSSR count). The first-order valence-corrected chi connectivity index (χ1v) is 11.5. The maximum atomic E-state index is 13.2. The topological polar surface area (TPSA) is 112 Å². The molecule has 0 aliphatic heterocycles. The molecule has 0 fully saturated rings. The third kappa shape index (κ3) is 4.62. The average Bonchev–Trinajstić information content (AvgIpc) is 2.93. The van der Waals surface area contributed by atoms with Crippen molar-refractivity contribution in [1.82, 2.24) is 0 Å². The quantitative estimate of drug-likeness (QED) is 0.166. The Hall–Kier alpha value is -5.24. The SMILES string of the molecule is COc1cc(C(=O)Oc2ccc3cc4ccccc4cc3c2OC(=O)c2ccc(O)c(OC)c2)ccc1O. The van der Waals surface area contributed by atoms with Crippen molar-refractivity contribution in [2.75, 3.05) is 14.2 Å². The molecule has 190 valence electrons. The molecule has 0 heterocycles. The highest BCUT2D eigenvalue weighted by molar-refractivity contribution is 6.04.